The van der Waals surface area contributed by atoms with Crippen molar-refractivity contribution < 1.29 is 8.42 Å². The Labute approximate surface area is 142 Å². The Balaban J connectivity index is 1.73. The first-order valence-electron chi connectivity index (χ1n) is 7.72. The highest BCUT2D eigenvalue weighted by atomic mass is 32.2. The van der Waals surface area contributed by atoms with Gasteiger partial charge in [0.25, 0.3) is 0 Å². The molecular formula is C13H26N4O2S3. The van der Waals surface area contributed by atoms with Crippen molar-refractivity contribution >= 4 is 39.5 Å². The van der Waals surface area contributed by atoms with Gasteiger partial charge in [-0.2, -0.15) is 23.5 Å². The van der Waals surface area contributed by atoms with Crippen LogP contribution in [0.5, 0.6) is 0 Å². The van der Waals surface area contributed by atoms with Crippen LogP contribution in [0.1, 0.15) is 12.8 Å². The summed E-state index contributed by atoms with van der Waals surface area (Å²) in [6, 6.07) is 0.431. The third kappa shape index (κ3) is 5.82. The molecule has 2 heterocycles. The van der Waals surface area contributed by atoms with E-state index in [2.05, 4.69) is 15.6 Å². The maximum absolute atomic E-state index is 12.3. The molecule has 0 saturated carbocycles. The zero-order chi connectivity index (χ0) is 15.8. The summed E-state index contributed by atoms with van der Waals surface area (Å²) in [5.41, 5.74) is 0. The van der Waals surface area contributed by atoms with Gasteiger partial charge >= 0.3 is 0 Å². The molecule has 9 heteroatoms. The van der Waals surface area contributed by atoms with E-state index in [0.29, 0.717) is 31.6 Å². The summed E-state index contributed by atoms with van der Waals surface area (Å²) in [5.74, 6) is 4.94. The molecule has 0 aromatic rings. The summed E-state index contributed by atoms with van der Waals surface area (Å²) in [6.45, 7) is 1.67. The highest BCUT2D eigenvalue weighted by molar-refractivity contribution is 7.99. The molecule has 22 heavy (non-hydrogen) atoms. The van der Waals surface area contributed by atoms with Gasteiger partial charge in [0.05, 0.1) is 5.75 Å². The van der Waals surface area contributed by atoms with E-state index < -0.39 is 10.0 Å². The standard InChI is InChI=1S/C13H26N4O2S3/c1-14-13(16-12-3-2-7-21-11-12)15-4-10-22(18,19)17-5-8-20-9-6-17/h12H,2-11H2,1H3,(H2,14,15,16). The maximum Gasteiger partial charge on any atom is 0.215 e. The van der Waals surface area contributed by atoms with E-state index in [1.165, 1.54) is 12.2 Å². The van der Waals surface area contributed by atoms with Crippen molar-refractivity contribution in [3.63, 3.8) is 0 Å². The van der Waals surface area contributed by atoms with Crippen molar-refractivity contribution in [1.82, 2.24) is 14.9 Å². The monoisotopic (exact) mass is 366 g/mol. The Bertz CT molecular complexity index is 458. The van der Waals surface area contributed by atoms with Gasteiger partial charge < -0.3 is 10.6 Å². The molecule has 128 valence electrons. The molecular weight excluding hydrogens is 340 g/mol. The van der Waals surface area contributed by atoms with Crippen molar-refractivity contribution in [3.05, 3.63) is 0 Å². The van der Waals surface area contributed by atoms with E-state index in [-0.39, 0.29) is 5.75 Å². The van der Waals surface area contributed by atoms with Crippen LogP contribution in [0.3, 0.4) is 0 Å². The van der Waals surface area contributed by atoms with Gasteiger partial charge in [-0.1, -0.05) is 0 Å². The fraction of sp³-hybridized carbons (Fsp3) is 0.923. The number of rotatable bonds is 5. The lowest BCUT2D eigenvalue weighted by atomic mass is 10.2. The van der Waals surface area contributed by atoms with Crippen LogP contribution in [0.2, 0.25) is 0 Å². The van der Waals surface area contributed by atoms with Crippen molar-refractivity contribution in [1.29, 1.82) is 0 Å². The first kappa shape index (κ1) is 18.2. The van der Waals surface area contributed by atoms with Gasteiger partial charge in [0.2, 0.25) is 10.0 Å². The van der Waals surface area contributed by atoms with Crippen molar-refractivity contribution in [3.8, 4) is 0 Å². The minimum atomic E-state index is -3.15. The Morgan fingerprint density at radius 3 is 2.68 bits per heavy atom. The molecule has 0 amide bonds. The van der Waals surface area contributed by atoms with Crippen LogP contribution in [-0.2, 0) is 10.0 Å². The van der Waals surface area contributed by atoms with Gasteiger partial charge in [-0.25, -0.2) is 12.7 Å². The predicted molar refractivity (Wildman–Crippen MR) is 97.5 cm³/mol. The summed E-state index contributed by atoms with van der Waals surface area (Å²) < 4.78 is 26.1. The minimum absolute atomic E-state index is 0.123. The molecule has 2 saturated heterocycles. The van der Waals surface area contributed by atoms with E-state index >= 15 is 0 Å². The van der Waals surface area contributed by atoms with Gasteiger partial charge in [0.1, 0.15) is 0 Å². The van der Waals surface area contributed by atoms with Gasteiger partial charge in [0.15, 0.2) is 5.96 Å². The number of thioether (sulfide) groups is 2. The number of nitrogens with one attached hydrogen (secondary N) is 2. The summed E-state index contributed by atoms with van der Waals surface area (Å²) in [6.07, 6.45) is 2.37. The van der Waals surface area contributed by atoms with Gasteiger partial charge in [-0.15, -0.1) is 0 Å². The molecule has 0 aromatic carbocycles. The van der Waals surface area contributed by atoms with Crippen LogP contribution in [0.15, 0.2) is 4.99 Å². The fourth-order valence-electron chi connectivity index (χ4n) is 2.49. The largest absolute Gasteiger partial charge is 0.355 e. The molecule has 0 bridgehead atoms. The lowest BCUT2D eigenvalue weighted by Crippen LogP contribution is -2.47. The summed E-state index contributed by atoms with van der Waals surface area (Å²) in [4.78, 5) is 4.19. The van der Waals surface area contributed by atoms with Crippen LogP contribution < -0.4 is 10.6 Å². The fourth-order valence-corrected chi connectivity index (χ4v) is 6.06. The van der Waals surface area contributed by atoms with E-state index in [0.717, 1.165) is 23.7 Å². The SMILES string of the molecule is CN=C(NCCS(=O)(=O)N1CCSCC1)NC1CCCSC1. The Morgan fingerprint density at radius 1 is 1.27 bits per heavy atom. The third-order valence-corrected chi connectivity index (χ3v) is 7.77. The topological polar surface area (TPSA) is 73.8 Å². The van der Waals surface area contributed by atoms with E-state index in [9.17, 15) is 8.42 Å². The molecule has 0 radical (unpaired) electrons. The van der Waals surface area contributed by atoms with Crippen LogP contribution >= 0.6 is 23.5 Å². The molecule has 1 unspecified atom stereocenters. The van der Waals surface area contributed by atoms with Crippen molar-refractivity contribution in [2.24, 2.45) is 4.99 Å². The minimum Gasteiger partial charge on any atom is -0.355 e. The average molecular weight is 367 g/mol. The van der Waals surface area contributed by atoms with Crippen LogP contribution in [-0.4, -0.2) is 80.2 Å². The van der Waals surface area contributed by atoms with Gasteiger partial charge in [-0.3, -0.25) is 4.99 Å². The zero-order valence-corrected chi connectivity index (χ0v) is 15.5. The maximum atomic E-state index is 12.3. The highest BCUT2D eigenvalue weighted by Gasteiger charge is 2.23. The average Bonchev–Trinajstić information content (AvgIpc) is 2.55. The molecule has 2 aliphatic heterocycles. The predicted octanol–water partition coefficient (Wildman–Crippen LogP) is 0.426. The van der Waals surface area contributed by atoms with E-state index in [4.69, 9.17) is 0 Å². The Morgan fingerprint density at radius 2 is 2.05 bits per heavy atom. The second-order valence-corrected chi connectivity index (χ2v) is 9.85. The molecule has 2 N–H and O–H groups in total. The van der Waals surface area contributed by atoms with Gasteiger partial charge in [0, 0.05) is 50.0 Å². The van der Waals surface area contributed by atoms with E-state index in [1.54, 1.807) is 11.4 Å². The second kappa shape index (κ2) is 9.24. The second-order valence-electron chi connectivity index (χ2n) is 5.38. The molecule has 2 aliphatic rings. The molecule has 6 nitrogen and oxygen atoms in total. The number of hydrogen-bond donors (Lipinski definition) is 2. The van der Waals surface area contributed by atoms with Crippen LogP contribution in [0.4, 0.5) is 0 Å². The van der Waals surface area contributed by atoms with Crippen LogP contribution in [0.25, 0.3) is 0 Å². The summed E-state index contributed by atoms with van der Waals surface area (Å²) in [5, 5.41) is 6.51. The van der Waals surface area contributed by atoms with E-state index in [1.807, 2.05) is 23.5 Å². The number of nitrogens with zero attached hydrogens (tertiary/aromatic N) is 2. The Hall–Kier alpha value is -0.120. The van der Waals surface area contributed by atoms with Gasteiger partial charge in [-0.05, 0) is 18.6 Å². The molecule has 0 aliphatic carbocycles. The lowest BCUT2D eigenvalue weighted by Gasteiger charge is -2.26. The number of aliphatic imine (C=N–C) groups is 1. The summed E-state index contributed by atoms with van der Waals surface area (Å²) >= 11 is 3.77. The molecule has 0 aromatic heterocycles. The molecule has 2 fully saturated rings. The molecule has 2 rings (SSSR count). The van der Waals surface area contributed by atoms with Crippen molar-refractivity contribution in [2.45, 2.75) is 18.9 Å². The van der Waals surface area contributed by atoms with Crippen LogP contribution in [0, 0.1) is 0 Å². The lowest BCUT2D eigenvalue weighted by molar-refractivity contribution is 0.443. The summed E-state index contributed by atoms with van der Waals surface area (Å²) in [7, 11) is -1.43. The molecule has 0 spiro atoms. The van der Waals surface area contributed by atoms with Crippen molar-refractivity contribution in [2.75, 3.05) is 55.4 Å². The number of guanidine groups is 1. The normalized spacial score (nSPS) is 25.0. The highest BCUT2D eigenvalue weighted by Crippen LogP contribution is 2.16. The molecule has 1 atom stereocenters. The number of sulfonamides is 1. The quantitative estimate of drug-likeness (QED) is 0.543. The first-order valence-corrected chi connectivity index (χ1v) is 11.6. The number of hydrogen-bond acceptors (Lipinski definition) is 5. The Kier molecular flexibility index (Phi) is 7.66. The first-order chi connectivity index (χ1) is 10.6. The zero-order valence-electron chi connectivity index (χ0n) is 13.1. The smallest absolute Gasteiger partial charge is 0.215 e. The third-order valence-electron chi connectivity index (χ3n) is 3.74.